The molecule has 3 amide bonds. The quantitative estimate of drug-likeness (QED) is 0.654. The number of allylic oxidation sites excluding steroid dienone is 2. The van der Waals surface area contributed by atoms with Crippen LogP contribution in [0.15, 0.2) is 17.5 Å². The molecule has 2 heterocycles. The van der Waals surface area contributed by atoms with Crippen molar-refractivity contribution in [3.63, 3.8) is 0 Å². The van der Waals surface area contributed by atoms with E-state index in [1.165, 1.54) is 4.88 Å². The number of rotatable bonds is 2. The highest BCUT2D eigenvalue weighted by Crippen LogP contribution is 2.49. The summed E-state index contributed by atoms with van der Waals surface area (Å²) in [5.41, 5.74) is 4.37. The average molecular weight is 356 g/mol. The van der Waals surface area contributed by atoms with E-state index in [-0.39, 0.29) is 41.4 Å². The second-order valence-corrected chi connectivity index (χ2v) is 8.52. The molecular weight excluding hydrogens is 336 g/mol. The number of imide groups is 1. The molecule has 1 aromatic rings. The first-order valence-corrected chi connectivity index (χ1v) is 9.99. The Balaban J connectivity index is 1.40. The highest BCUT2D eigenvalue weighted by atomic mass is 32.1. The Morgan fingerprint density at radius 2 is 1.68 bits per heavy atom. The van der Waals surface area contributed by atoms with Gasteiger partial charge in [-0.1, -0.05) is 12.2 Å². The van der Waals surface area contributed by atoms with Gasteiger partial charge >= 0.3 is 0 Å². The van der Waals surface area contributed by atoms with Gasteiger partial charge in [0, 0.05) is 10.3 Å². The predicted molar refractivity (Wildman–Crippen MR) is 92.6 cm³/mol. The van der Waals surface area contributed by atoms with Gasteiger partial charge in [0.25, 0.3) is 17.7 Å². The zero-order chi connectivity index (χ0) is 17.1. The molecule has 6 rings (SSSR count). The molecule has 25 heavy (non-hydrogen) atoms. The summed E-state index contributed by atoms with van der Waals surface area (Å²) in [7, 11) is 0. The monoisotopic (exact) mass is 356 g/mol. The van der Waals surface area contributed by atoms with Crippen LogP contribution in [0.4, 0.5) is 0 Å². The molecule has 4 aliphatic carbocycles. The van der Waals surface area contributed by atoms with Crippen LogP contribution in [0.5, 0.6) is 0 Å². The number of hydrogen-bond donors (Lipinski definition) is 1. The van der Waals surface area contributed by atoms with E-state index in [9.17, 15) is 14.4 Å². The van der Waals surface area contributed by atoms with E-state index in [4.69, 9.17) is 0 Å². The number of hydrogen-bond acceptors (Lipinski definition) is 4. The SMILES string of the molecule is O=C(NN1C(=O)[C@H]2[C@H](C1=O)[C@H]1C=C[C@H]2CC1)c1csc2c1CCCC2. The second kappa shape index (κ2) is 5.53. The Morgan fingerprint density at radius 3 is 2.32 bits per heavy atom. The lowest BCUT2D eigenvalue weighted by molar-refractivity contribution is -0.143. The molecule has 1 saturated carbocycles. The largest absolute Gasteiger partial charge is 0.272 e. The fourth-order valence-electron chi connectivity index (χ4n) is 5.03. The molecule has 6 heteroatoms. The van der Waals surface area contributed by atoms with Gasteiger partial charge in [0.15, 0.2) is 0 Å². The van der Waals surface area contributed by atoms with Crippen LogP contribution in [0.1, 0.15) is 46.5 Å². The third-order valence-corrected chi connectivity index (χ3v) is 7.37. The van der Waals surface area contributed by atoms with Crippen molar-refractivity contribution in [2.45, 2.75) is 38.5 Å². The number of nitrogens with one attached hydrogen (secondary N) is 1. The number of aryl methyl sites for hydroxylation is 1. The van der Waals surface area contributed by atoms with Gasteiger partial charge in [-0.3, -0.25) is 19.8 Å². The normalized spacial score (nSPS) is 32.7. The lowest BCUT2D eigenvalue weighted by Gasteiger charge is -2.37. The van der Waals surface area contributed by atoms with Gasteiger partial charge in [0.2, 0.25) is 0 Å². The third-order valence-electron chi connectivity index (χ3n) is 6.28. The van der Waals surface area contributed by atoms with Crippen molar-refractivity contribution in [1.29, 1.82) is 0 Å². The van der Waals surface area contributed by atoms with Gasteiger partial charge in [-0.15, -0.1) is 11.3 Å². The first-order valence-electron chi connectivity index (χ1n) is 9.11. The molecule has 5 aliphatic rings. The highest BCUT2D eigenvalue weighted by molar-refractivity contribution is 7.10. The zero-order valence-electron chi connectivity index (χ0n) is 13.9. The second-order valence-electron chi connectivity index (χ2n) is 7.55. The summed E-state index contributed by atoms with van der Waals surface area (Å²) in [5, 5.41) is 2.89. The number of fused-ring (bicyclic) bond motifs is 2. The molecule has 1 aliphatic heterocycles. The van der Waals surface area contributed by atoms with Crippen LogP contribution in [0.2, 0.25) is 0 Å². The molecule has 0 radical (unpaired) electrons. The molecule has 2 fully saturated rings. The number of carbonyl (C=O) groups is 3. The number of thiophene rings is 1. The molecule has 0 unspecified atom stereocenters. The topological polar surface area (TPSA) is 66.5 Å². The number of carbonyl (C=O) groups excluding carboxylic acids is 3. The molecular formula is C19H20N2O3S. The first-order chi connectivity index (χ1) is 12.1. The third kappa shape index (κ3) is 2.16. The van der Waals surface area contributed by atoms with E-state index in [1.807, 2.05) is 5.38 Å². The maximum absolute atomic E-state index is 12.8. The zero-order valence-corrected chi connectivity index (χ0v) is 14.7. The maximum atomic E-state index is 12.8. The molecule has 5 nitrogen and oxygen atoms in total. The minimum absolute atomic E-state index is 0.141. The average Bonchev–Trinajstić information content (AvgIpc) is 3.19. The summed E-state index contributed by atoms with van der Waals surface area (Å²) in [6.07, 6.45) is 10.3. The van der Waals surface area contributed by atoms with E-state index in [2.05, 4.69) is 17.6 Å². The van der Waals surface area contributed by atoms with Gasteiger partial charge in [-0.25, -0.2) is 0 Å². The number of hydrazine groups is 1. The molecule has 0 spiro atoms. The van der Waals surface area contributed by atoms with E-state index in [0.717, 1.165) is 49.1 Å². The summed E-state index contributed by atoms with van der Waals surface area (Å²) >= 11 is 1.61. The summed E-state index contributed by atoms with van der Waals surface area (Å²) in [4.78, 5) is 39.6. The minimum atomic E-state index is -0.319. The van der Waals surface area contributed by atoms with E-state index >= 15 is 0 Å². The van der Waals surface area contributed by atoms with Crippen LogP contribution in [-0.2, 0) is 22.4 Å². The van der Waals surface area contributed by atoms with Crippen molar-refractivity contribution in [3.8, 4) is 0 Å². The van der Waals surface area contributed by atoms with E-state index in [0.29, 0.717) is 5.56 Å². The first kappa shape index (κ1) is 15.3. The van der Waals surface area contributed by atoms with Gasteiger partial charge in [-0.2, -0.15) is 5.01 Å². The number of amides is 3. The molecule has 1 saturated heterocycles. The lowest BCUT2D eigenvalue weighted by atomic mass is 9.63. The van der Waals surface area contributed by atoms with Gasteiger partial charge in [0.05, 0.1) is 17.4 Å². The van der Waals surface area contributed by atoms with Crippen LogP contribution < -0.4 is 5.43 Å². The van der Waals surface area contributed by atoms with Crippen LogP contribution in [0.25, 0.3) is 0 Å². The summed E-state index contributed by atoms with van der Waals surface area (Å²) < 4.78 is 0. The van der Waals surface area contributed by atoms with Gasteiger partial charge < -0.3 is 0 Å². The van der Waals surface area contributed by atoms with Crippen molar-refractivity contribution in [1.82, 2.24) is 10.4 Å². The molecule has 1 aromatic heterocycles. The van der Waals surface area contributed by atoms with Crippen molar-refractivity contribution < 1.29 is 14.4 Å². The Labute approximate surface area is 150 Å². The maximum Gasteiger partial charge on any atom is 0.271 e. The lowest BCUT2D eigenvalue weighted by Crippen LogP contribution is -2.47. The van der Waals surface area contributed by atoms with E-state index < -0.39 is 0 Å². The van der Waals surface area contributed by atoms with Crippen molar-refractivity contribution in [3.05, 3.63) is 33.5 Å². The fraction of sp³-hybridized carbons (Fsp3) is 0.526. The summed E-state index contributed by atoms with van der Waals surface area (Å²) in [6.45, 7) is 0. The molecule has 4 atom stereocenters. The number of nitrogens with zero attached hydrogens (tertiary/aromatic N) is 1. The van der Waals surface area contributed by atoms with Crippen LogP contribution in [0, 0.1) is 23.7 Å². The van der Waals surface area contributed by atoms with E-state index in [1.54, 1.807) is 11.3 Å². The predicted octanol–water partition coefficient (Wildman–Crippen LogP) is 2.47. The summed E-state index contributed by atoms with van der Waals surface area (Å²) in [5.74, 6) is -1.07. The Hall–Kier alpha value is -1.95. The molecule has 0 aromatic carbocycles. The highest BCUT2D eigenvalue weighted by Gasteiger charge is 2.57. The van der Waals surface area contributed by atoms with Crippen LogP contribution in [-0.4, -0.2) is 22.7 Å². The molecule has 2 bridgehead atoms. The Kier molecular flexibility index (Phi) is 3.39. The van der Waals surface area contributed by atoms with Gasteiger partial charge in [0.1, 0.15) is 0 Å². The Morgan fingerprint density at radius 1 is 1.04 bits per heavy atom. The van der Waals surface area contributed by atoms with Crippen LogP contribution in [0.3, 0.4) is 0 Å². The standard InChI is InChI=1S/C19H20N2O3S/c22-17(13-9-25-14-4-2-1-3-12(13)14)20-21-18(23)15-10-5-6-11(8-7-10)16(15)19(21)24/h5-6,9-11,15-16H,1-4,7-8H2,(H,20,22)/t10-,11-,15+,16+/m0/s1. The van der Waals surface area contributed by atoms with Crippen molar-refractivity contribution in [2.24, 2.45) is 23.7 Å². The smallest absolute Gasteiger partial charge is 0.271 e. The molecule has 1 N–H and O–H groups in total. The minimum Gasteiger partial charge on any atom is -0.272 e. The summed E-state index contributed by atoms with van der Waals surface area (Å²) in [6, 6.07) is 0. The van der Waals surface area contributed by atoms with Crippen LogP contribution >= 0.6 is 11.3 Å². The van der Waals surface area contributed by atoms with Gasteiger partial charge in [-0.05, 0) is 55.9 Å². The van der Waals surface area contributed by atoms with Crippen molar-refractivity contribution in [2.75, 3.05) is 0 Å². The Bertz CT molecular complexity index is 780. The fourth-order valence-corrected chi connectivity index (χ4v) is 6.16. The molecule has 130 valence electrons. The van der Waals surface area contributed by atoms with Crippen molar-refractivity contribution >= 4 is 29.1 Å².